The molecule has 0 aliphatic carbocycles. The number of hydrogen-bond donors (Lipinski definition) is 2. The van der Waals surface area contributed by atoms with E-state index in [9.17, 15) is 14.7 Å². The van der Waals surface area contributed by atoms with Crippen molar-refractivity contribution >= 4 is 11.9 Å². The highest BCUT2D eigenvalue weighted by atomic mass is 16.4. The van der Waals surface area contributed by atoms with Crippen LogP contribution in [0.25, 0.3) is 0 Å². The van der Waals surface area contributed by atoms with E-state index in [1.165, 1.54) is 4.90 Å². The Kier molecular flexibility index (Phi) is 4.34. The summed E-state index contributed by atoms with van der Waals surface area (Å²) in [6.07, 6.45) is -0.758. The van der Waals surface area contributed by atoms with Gasteiger partial charge in [0.15, 0.2) is 0 Å². The summed E-state index contributed by atoms with van der Waals surface area (Å²) in [5.74, 6) is 0.0508. The van der Waals surface area contributed by atoms with Crippen LogP contribution in [-0.4, -0.2) is 70.7 Å². The van der Waals surface area contributed by atoms with Gasteiger partial charge in [0.1, 0.15) is 11.5 Å². The zero-order valence-corrected chi connectivity index (χ0v) is 12.4. The maximum absolute atomic E-state index is 12.4. The quantitative estimate of drug-likeness (QED) is 0.818. The van der Waals surface area contributed by atoms with Crippen LogP contribution in [0.5, 0.6) is 0 Å². The number of rotatable bonds is 4. The van der Waals surface area contributed by atoms with Crippen molar-refractivity contribution in [1.82, 2.24) is 9.80 Å². The van der Waals surface area contributed by atoms with Crippen molar-refractivity contribution in [2.45, 2.75) is 26.0 Å². The molecule has 0 spiro atoms. The molecule has 1 aliphatic heterocycles. The number of hydrogen-bond acceptors (Lipinski definition) is 5. The first-order valence-electron chi connectivity index (χ1n) is 6.76. The van der Waals surface area contributed by atoms with Crippen molar-refractivity contribution in [2.75, 3.05) is 26.7 Å². The monoisotopic (exact) mass is 296 g/mol. The van der Waals surface area contributed by atoms with E-state index in [0.717, 1.165) is 0 Å². The van der Waals surface area contributed by atoms with Gasteiger partial charge in [0, 0.05) is 13.1 Å². The number of aliphatic hydroxyl groups excluding tert-OH is 1. The number of carboxylic acids is 1. The number of aliphatic carboxylic acids is 1. The smallest absolute Gasteiger partial charge is 0.317 e. The SMILES string of the molecule is Cc1cc(C(=O)N2C[C@@H](O)[C@H](N(C)CC(=O)O)C2)c(C)o1. The van der Waals surface area contributed by atoms with Gasteiger partial charge in [0.2, 0.25) is 0 Å². The molecule has 2 rings (SSSR count). The lowest BCUT2D eigenvalue weighted by atomic mass is 10.2. The fraction of sp³-hybridized carbons (Fsp3) is 0.571. The molecular formula is C14H20N2O5. The summed E-state index contributed by atoms with van der Waals surface area (Å²) >= 11 is 0. The fourth-order valence-corrected chi connectivity index (χ4v) is 2.71. The Morgan fingerprint density at radius 3 is 2.62 bits per heavy atom. The van der Waals surface area contributed by atoms with E-state index in [1.54, 1.807) is 31.9 Å². The summed E-state index contributed by atoms with van der Waals surface area (Å²) in [5.41, 5.74) is 0.487. The molecule has 0 bridgehead atoms. The van der Waals surface area contributed by atoms with E-state index < -0.39 is 12.1 Å². The van der Waals surface area contributed by atoms with E-state index in [-0.39, 0.29) is 25.0 Å². The van der Waals surface area contributed by atoms with Gasteiger partial charge >= 0.3 is 5.97 Å². The minimum Gasteiger partial charge on any atom is -0.480 e. The van der Waals surface area contributed by atoms with Gasteiger partial charge < -0.3 is 19.5 Å². The summed E-state index contributed by atoms with van der Waals surface area (Å²) < 4.78 is 5.35. The topological polar surface area (TPSA) is 94.2 Å². The number of likely N-dealkylation sites (N-methyl/N-ethyl adjacent to an activating group) is 1. The Balaban J connectivity index is 2.08. The molecule has 1 aliphatic rings. The molecule has 1 saturated heterocycles. The zero-order chi connectivity index (χ0) is 15.7. The Hall–Kier alpha value is -1.86. The van der Waals surface area contributed by atoms with E-state index >= 15 is 0 Å². The third kappa shape index (κ3) is 3.25. The lowest BCUT2D eigenvalue weighted by Crippen LogP contribution is -2.43. The van der Waals surface area contributed by atoms with Gasteiger partial charge in [-0.15, -0.1) is 0 Å². The minimum absolute atomic E-state index is 0.173. The molecule has 0 saturated carbocycles. The predicted octanol–water partition coefficient (Wildman–Crippen LogP) is 0.0981. The molecule has 21 heavy (non-hydrogen) atoms. The molecule has 2 heterocycles. The van der Waals surface area contributed by atoms with Crippen molar-refractivity contribution in [2.24, 2.45) is 0 Å². The van der Waals surface area contributed by atoms with Crippen LogP contribution in [-0.2, 0) is 4.79 Å². The highest BCUT2D eigenvalue weighted by Crippen LogP contribution is 2.21. The number of amides is 1. The Morgan fingerprint density at radius 1 is 1.43 bits per heavy atom. The van der Waals surface area contributed by atoms with Crippen LogP contribution < -0.4 is 0 Å². The van der Waals surface area contributed by atoms with Crippen LogP contribution in [0.1, 0.15) is 21.9 Å². The van der Waals surface area contributed by atoms with E-state index in [0.29, 0.717) is 23.6 Å². The first-order chi connectivity index (χ1) is 9.79. The number of furan rings is 1. The molecule has 7 heteroatoms. The number of aliphatic hydroxyl groups is 1. The number of aryl methyl sites for hydroxylation is 2. The third-order valence-corrected chi connectivity index (χ3v) is 3.77. The van der Waals surface area contributed by atoms with Crippen LogP contribution in [0.15, 0.2) is 10.5 Å². The van der Waals surface area contributed by atoms with Gasteiger partial charge in [-0.3, -0.25) is 14.5 Å². The molecule has 0 aromatic carbocycles. The minimum atomic E-state index is -0.962. The maximum Gasteiger partial charge on any atom is 0.317 e. The van der Waals surface area contributed by atoms with Crippen molar-refractivity contribution in [3.8, 4) is 0 Å². The second-order valence-corrected chi connectivity index (χ2v) is 5.48. The fourth-order valence-electron chi connectivity index (χ4n) is 2.71. The molecule has 2 N–H and O–H groups in total. The van der Waals surface area contributed by atoms with Gasteiger partial charge in [-0.2, -0.15) is 0 Å². The molecule has 1 aromatic rings. The maximum atomic E-state index is 12.4. The van der Waals surface area contributed by atoms with Crippen molar-refractivity contribution < 1.29 is 24.2 Å². The van der Waals surface area contributed by atoms with Crippen LogP contribution in [0.2, 0.25) is 0 Å². The van der Waals surface area contributed by atoms with Crippen molar-refractivity contribution in [3.05, 3.63) is 23.2 Å². The molecule has 7 nitrogen and oxygen atoms in total. The van der Waals surface area contributed by atoms with Gasteiger partial charge in [0.25, 0.3) is 5.91 Å². The van der Waals surface area contributed by atoms with E-state index in [2.05, 4.69) is 0 Å². The highest BCUT2D eigenvalue weighted by Gasteiger charge is 2.37. The van der Waals surface area contributed by atoms with Gasteiger partial charge in [0.05, 0.1) is 24.3 Å². The second-order valence-electron chi connectivity index (χ2n) is 5.48. The van der Waals surface area contributed by atoms with Crippen LogP contribution >= 0.6 is 0 Å². The molecule has 1 aromatic heterocycles. The number of carbonyl (C=O) groups is 2. The summed E-state index contributed by atoms with van der Waals surface area (Å²) in [7, 11) is 1.63. The summed E-state index contributed by atoms with van der Waals surface area (Å²) in [5, 5.41) is 18.9. The van der Waals surface area contributed by atoms with Crippen LogP contribution in [0.4, 0.5) is 0 Å². The summed E-state index contributed by atoms with van der Waals surface area (Å²) in [4.78, 5) is 26.3. The van der Waals surface area contributed by atoms with Crippen LogP contribution in [0, 0.1) is 13.8 Å². The molecule has 0 radical (unpaired) electrons. The number of nitrogens with zero attached hydrogens (tertiary/aromatic N) is 2. The number of β-amino-alcohol motifs (C(OH)–C–C–N with tert-alkyl or cyclic N) is 1. The van der Waals surface area contributed by atoms with Crippen LogP contribution in [0.3, 0.4) is 0 Å². The van der Waals surface area contributed by atoms with Crippen molar-refractivity contribution in [1.29, 1.82) is 0 Å². The lowest BCUT2D eigenvalue weighted by Gasteiger charge is -2.24. The Labute approximate surface area is 122 Å². The molecule has 1 fully saturated rings. The summed E-state index contributed by atoms with van der Waals surface area (Å²) in [6.45, 7) is 3.81. The van der Waals surface area contributed by atoms with E-state index in [1.807, 2.05) is 0 Å². The molecule has 1 amide bonds. The zero-order valence-electron chi connectivity index (χ0n) is 12.4. The van der Waals surface area contributed by atoms with Gasteiger partial charge in [-0.1, -0.05) is 0 Å². The summed E-state index contributed by atoms with van der Waals surface area (Å²) in [6, 6.07) is 1.30. The Bertz CT molecular complexity index is 554. The molecule has 2 atom stereocenters. The van der Waals surface area contributed by atoms with Crippen molar-refractivity contribution in [3.63, 3.8) is 0 Å². The predicted molar refractivity (Wildman–Crippen MR) is 74.1 cm³/mol. The normalized spacial score (nSPS) is 22.0. The Morgan fingerprint density at radius 2 is 2.10 bits per heavy atom. The standard InChI is InChI=1S/C14H20N2O5/c1-8-4-10(9(2)21-8)14(20)16-5-11(12(17)6-16)15(3)7-13(18)19/h4,11-12,17H,5-7H2,1-3H3,(H,18,19)/t11-,12-/m1/s1. The first kappa shape index (κ1) is 15.5. The first-order valence-corrected chi connectivity index (χ1v) is 6.76. The number of carbonyl (C=O) groups excluding carboxylic acids is 1. The molecule has 0 unspecified atom stereocenters. The number of carboxylic acid groups (broad SMARTS) is 1. The third-order valence-electron chi connectivity index (χ3n) is 3.77. The largest absolute Gasteiger partial charge is 0.480 e. The lowest BCUT2D eigenvalue weighted by molar-refractivity contribution is -0.138. The number of likely N-dealkylation sites (tertiary alicyclic amines) is 1. The average molecular weight is 296 g/mol. The molecule has 116 valence electrons. The van der Waals surface area contributed by atoms with Gasteiger partial charge in [-0.05, 0) is 27.0 Å². The highest BCUT2D eigenvalue weighted by molar-refractivity contribution is 5.95. The average Bonchev–Trinajstić information content (AvgIpc) is 2.90. The molecular weight excluding hydrogens is 276 g/mol. The van der Waals surface area contributed by atoms with Gasteiger partial charge in [-0.25, -0.2) is 0 Å². The van der Waals surface area contributed by atoms with E-state index in [4.69, 9.17) is 9.52 Å². The second kappa shape index (κ2) is 5.87.